The van der Waals surface area contributed by atoms with E-state index in [1.807, 2.05) is 39.1 Å². The quantitative estimate of drug-likeness (QED) is 0.620. The van der Waals surface area contributed by atoms with Crippen LogP contribution < -0.4 is 10.1 Å². The minimum Gasteiger partial charge on any atom is -0.497 e. The minimum atomic E-state index is 0.200. The lowest BCUT2D eigenvalue weighted by Crippen LogP contribution is -2.11. The number of rotatable bonds is 8. The predicted octanol–water partition coefficient (Wildman–Crippen LogP) is 4.37. The second kappa shape index (κ2) is 8.63. The number of nitrogens with zero attached hydrogens (tertiary/aromatic N) is 3. The Morgan fingerprint density at radius 2 is 2.07 bits per heavy atom. The van der Waals surface area contributed by atoms with Gasteiger partial charge in [0.2, 0.25) is 0 Å². The Kier molecular flexibility index (Phi) is 6.23. The van der Waals surface area contributed by atoms with Crippen molar-refractivity contribution in [2.75, 3.05) is 26.1 Å². The number of anilines is 1. The van der Waals surface area contributed by atoms with Crippen LogP contribution >= 0.6 is 11.8 Å². The van der Waals surface area contributed by atoms with Gasteiger partial charge in [0.15, 0.2) is 11.0 Å². The lowest BCUT2D eigenvalue weighted by atomic mass is 10.2. The zero-order valence-corrected chi connectivity index (χ0v) is 17.3. The molecule has 27 heavy (non-hydrogen) atoms. The van der Waals surface area contributed by atoms with Crippen LogP contribution in [0.15, 0.2) is 40.5 Å². The first-order chi connectivity index (χ1) is 13.0. The first kappa shape index (κ1) is 19.5. The summed E-state index contributed by atoms with van der Waals surface area (Å²) in [7, 11) is 3.55. The van der Waals surface area contributed by atoms with Gasteiger partial charge in [-0.15, -0.1) is 0 Å². The van der Waals surface area contributed by atoms with E-state index in [1.165, 1.54) is 5.56 Å². The Morgan fingerprint density at radius 3 is 2.78 bits per heavy atom. The van der Waals surface area contributed by atoms with Crippen molar-refractivity contribution in [3.63, 3.8) is 0 Å². The molecular weight excluding hydrogens is 360 g/mol. The summed E-state index contributed by atoms with van der Waals surface area (Å²) in [6.45, 7) is 7.55. The molecule has 1 aromatic carbocycles. The molecular formula is C20H26N4O2S. The highest BCUT2D eigenvalue weighted by atomic mass is 32.2. The molecule has 2 heterocycles. The number of aryl methyl sites for hydroxylation is 1. The Morgan fingerprint density at radius 1 is 1.26 bits per heavy atom. The van der Waals surface area contributed by atoms with Crippen LogP contribution in [0.4, 0.5) is 5.82 Å². The van der Waals surface area contributed by atoms with E-state index in [0.717, 1.165) is 39.2 Å². The van der Waals surface area contributed by atoms with E-state index in [2.05, 4.69) is 27.9 Å². The number of pyridine rings is 1. The molecule has 0 bridgehead atoms. The number of ether oxygens (including phenoxy) is 2. The maximum Gasteiger partial charge on any atom is 0.174 e. The molecule has 6 nitrogen and oxygen atoms in total. The predicted molar refractivity (Wildman–Crippen MR) is 110 cm³/mol. The van der Waals surface area contributed by atoms with Crippen LogP contribution in [0.1, 0.15) is 19.4 Å². The second-order valence-electron chi connectivity index (χ2n) is 6.48. The summed E-state index contributed by atoms with van der Waals surface area (Å²) < 4.78 is 13.4. The third kappa shape index (κ3) is 4.36. The Balaban J connectivity index is 2.02. The van der Waals surface area contributed by atoms with E-state index >= 15 is 0 Å². The van der Waals surface area contributed by atoms with Crippen molar-refractivity contribution >= 4 is 28.6 Å². The summed E-state index contributed by atoms with van der Waals surface area (Å²) >= 11 is 1.63. The Labute approximate surface area is 164 Å². The second-order valence-corrected chi connectivity index (χ2v) is 7.49. The minimum absolute atomic E-state index is 0.200. The molecule has 3 aromatic rings. The van der Waals surface area contributed by atoms with Gasteiger partial charge in [0.05, 0.1) is 25.3 Å². The lowest BCUT2D eigenvalue weighted by Gasteiger charge is -2.12. The van der Waals surface area contributed by atoms with E-state index in [9.17, 15) is 0 Å². The number of aromatic nitrogens is 3. The van der Waals surface area contributed by atoms with Crippen LogP contribution in [0.25, 0.3) is 11.0 Å². The third-order valence-corrected chi connectivity index (χ3v) is 5.39. The topological polar surface area (TPSA) is 61.2 Å². The molecule has 0 unspecified atom stereocenters. The molecule has 0 radical (unpaired) electrons. The summed E-state index contributed by atoms with van der Waals surface area (Å²) in [6, 6.07) is 8.09. The largest absolute Gasteiger partial charge is 0.497 e. The maximum atomic E-state index is 5.78. The van der Waals surface area contributed by atoms with Gasteiger partial charge >= 0.3 is 0 Å². The van der Waals surface area contributed by atoms with E-state index in [-0.39, 0.29) is 6.10 Å². The molecule has 0 aliphatic rings. The number of benzene rings is 1. The van der Waals surface area contributed by atoms with Gasteiger partial charge in [-0.3, -0.25) is 0 Å². The molecule has 0 spiro atoms. The molecule has 0 aliphatic heterocycles. The normalized spacial score (nSPS) is 11.3. The highest BCUT2D eigenvalue weighted by molar-refractivity contribution is 7.99. The SMILES string of the molecule is CNc1nccc2c1nc(Sc1cc(OC)ccc1C)n2CCOC(C)C. The van der Waals surface area contributed by atoms with Gasteiger partial charge in [-0.2, -0.15) is 0 Å². The maximum absolute atomic E-state index is 5.78. The highest BCUT2D eigenvalue weighted by Gasteiger charge is 2.16. The molecule has 0 saturated carbocycles. The van der Waals surface area contributed by atoms with Crippen molar-refractivity contribution in [1.29, 1.82) is 0 Å². The van der Waals surface area contributed by atoms with Crippen LogP contribution in [0.5, 0.6) is 5.75 Å². The van der Waals surface area contributed by atoms with Gasteiger partial charge in [0.25, 0.3) is 0 Å². The molecule has 2 aromatic heterocycles. The number of hydrogen-bond donors (Lipinski definition) is 1. The lowest BCUT2D eigenvalue weighted by molar-refractivity contribution is 0.0721. The van der Waals surface area contributed by atoms with Crippen molar-refractivity contribution in [3.8, 4) is 5.75 Å². The first-order valence-electron chi connectivity index (χ1n) is 9.00. The Hall–Kier alpha value is -2.25. The molecule has 7 heteroatoms. The molecule has 0 aliphatic carbocycles. The average molecular weight is 387 g/mol. The fourth-order valence-electron chi connectivity index (χ4n) is 2.80. The van der Waals surface area contributed by atoms with Crippen LogP contribution in [-0.4, -0.2) is 41.4 Å². The molecule has 0 saturated heterocycles. The Bertz CT molecular complexity index is 924. The number of imidazole rings is 1. The van der Waals surface area contributed by atoms with Gasteiger partial charge in [-0.25, -0.2) is 9.97 Å². The summed E-state index contributed by atoms with van der Waals surface area (Å²) in [4.78, 5) is 10.4. The van der Waals surface area contributed by atoms with Crippen LogP contribution in [0.2, 0.25) is 0 Å². The molecule has 0 atom stereocenters. The van der Waals surface area contributed by atoms with E-state index in [4.69, 9.17) is 14.5 Å². The zero-order valence-electron chi connectivity index (χ0n) is 16.4. The van der Waals surface area contributed by atoms with E-state index < -0.39 is 0 Å². The van der Waals surface area contributed by atoms with Crippen molar-refractivity contribution in [1.82, 2.24) is 14.5 Å². The average Bonchev–Trinajstić information content (AvgIpc) is 3.00. The van der Waals surface area contributed by atoms with Crippen molar-refractivity contribution in [3.05, 3.63) is 36.0 Å². The monoisotopic (exact) mass is 386 g/mol. The number of methoxy groups -OCH3 is 1. The molecule has 144 valence electrons. The number of fused-ring (bicyclic) bond motifs is 1. The van der Waals surface area contributed by atoms with Crippen LogP contribution in [0.3, 0.4) is 0 Å². The van der Waals surface area contributed by atoms with Crippen LogP contribution in [-0.2, 0) is 11.3 Å². The number of nitrogens with one attached hydrogen (secondary N) is 1. The summed E-state index contributed by atoms with van der Waals surface area (Å²) in [6.07, 6.45) is 2.01. The summed E-state index contributed by atoms with van der Waals surface area (Å²) in [5, 5.41) is 4.05. The molecule has 0 fully saturated rings. The van der Waals surface area contributed by atoms with E-state index in [0.29, 0.717) is 6.61 Å². The van der Waals surface area contributed by atoms with Crippen LogP contribution in [0, 0.1) is 6.92 Å². The van der Waals surface area contributed by atoms with Gasteiger partial charge in [-0.1, -0.05) is 17.8 Å². The highest BCUT2D eigenvalue weighted by Crippen LogP contribution is 2.35. The molecule has 0 amide bonds. The van der Waals surface area contributed by atoms with Gasteiger partial charge < -0.3 is 19.4 Å². The summed E-state index contributed by atoms with van der Waals surface area (Å²) in [5.74, 6) is 1.62. The smallest absolute Gasteiger partial charge is 0.174 e. The fourth-order valence-corrected chi connectivity index (χ4v) is 3.84. The molecule has 3 rings (SSSR count). The van der Waals surface area contributed by atoms with Crippen molar-refractivity contribution in [2.45, 2.75) is 43.5 Å². The van der Waals surface area contributed by atoms with Crippen molar-refractivity contribution < 1.29 is 9.47 Å². The standard InChI is InChI=1S/C20H26N4O2S/c1-13(2)26-11-10-24-16-8-9-22-19(21-4)18(16)23-20(24)27-17-12-15(25-5)7-6-14(17)3/h6-9,12-13H,10-11H2,1-5H3,(H,21,22). The number of hydrogen-bond acceptors (Lipinski definition) is 6. The van der Waals surface area contributed by atoms with Gasteiger partial charge in [-0.05, 0) is 44.5 Å². The summed E-state index contributed by atoms with van der Waals surface area (Å²) in [5.41, 5.74) is 3.10. The van der Waals surface area contributed by atoms with Gasteiger partial charge in [0, 0.05) is 24.7 Å². The van der Waals surface area contributed by atoms with Gasteiger partial charge in [0.1, 0.15) is 11.3 Å². The van der Waals surface area contributed by atoms with Crippen molar-refractivity contribution in [2.24, 2.45) is 0 Å². The third-order valence-electron chi connectivity index (χ3n) is 4.23. The molecule has 1 N–H and O–H groups in total. The first-order valence-corrected chi connectivity index (χ1v) is 9.82. The van der Waals surface area contributed by atoms with E-state index in [1.54, 1.807) is 25.1 Å². The fraction of sp³-hybridized carbons (Fsp3) is 0.400. The zero-order chi connectivity index (χ0) is 19.4.